The average molecular weight is 248 g/mol. The Morgan fingerprint density at radius 3 is 2.67 bits per heavy atom. The number of ether oxygens (including phenoxy) is 1. The van der Waals surface area contributed by atoms with E-state index in [0.717, 1.165) is 5.56 Å². The highest BCUT2D eigenvalue weighted by Crippen LogP contribution is 2.30. The van der Waals surface area contributed by atoms with Crippen LogP contribution < -0.4 is 10.3 Å². The van der Waals surface area contributed by atoms with Gasteiger partial charge in [0.25, 0.3) is 5.56 Å². The van der Waals surface area contributed by atoms with Crippen LogP contribution in [0.3, 0.4) is 0 Å². The smallest absolute Gasteiger partial charge is 0.343 e. The monoisotopic (exact) mass is 248 g/mol. The van der Waals surface area contributed by atoms with Gasteiger partial charge in [-0.2, -0.15) is 0 Å². The van der Waals surface area contributed by atoms with E-state index in [4.69, 9.17) is 9.84 Å². The third-order valence-electron chi connectivity index (χ3n) is 2.62. The number of carbonyl (C=O) groups is 1. The maximum atomic E-state index is 11.4. The van der Waals surface area contributed by atoms with Crippen molar-refractivity contribution in [2.24, 2.45) is 0 Å². The maximum Gasteiger partial charge on any atom is 0.343 e. The Balaban J connectivity index is 2.73. The summed E-state index contributed by atoms with van der Waals surface area (Å²) in [4.78, 5) is 22.5. The highest BCUT2D eigenvalue weighted by Gasteiger charge is 2.20. The van der Waals surface area contributed by atoms with Crippen LogP contribution in [-0.2, 0) is 0 Å². The Bertz CT molecular complexity index is 654. The molecule has 0 bridgehead atoms. The zero-order valence-electron chi connectivity index (χ0n) is 9.90. The van der Waals surface area contributed by atoms with E-state index in [9.17, 15) is 9.59 Å². The second-order valence-electron chi connectivity index (χ2n) is 3.84. The number of aryl methyl sites for hydroxylation is 1. The fourth-order valence-electron chi connectivity index (χ4n) is 1.78. The van der Waals surface area contributed by atoms with E-state index >= 15 is 0 Å². The molecule has 0 aliphatic carbocycles. The largest absolute Gasteiger partial charge is 0.496 e. The van der Waals surface area contributed by atoms with Gasteiger partial charge in [0.1, 0.15) is 5.75 Å². The topological polar surface area (TPSA) is 95.2 Å². The SMILES string of the molecule is COc1ccc(C)cc1-c1[nH][nH]c(=O)c1C(=O)O. The minimum atomic E-state index is -1.28. The van der Waals surface area contributed by atoms with Crippen LogP contribution in [0.4, 0.5) is 0 Å². The van der Waals surface area contributed by atoms with Crippen molar-refractivity contribution in [3.05, 3.63) is 39.7 Å². The summed E-state index contributed by atoms with van der Waals surface area (Å²) in [6.07, 6.45) is 0. The summed E-state index contributed by atoms with van der Waals surface area (Å²) in [7, 11) is 1.49. The van der Waals surface area contributed by atoms with Crippen LogP contribution in [0.25, 0.3) is 11.3 Å². The van der Waals surface area contributed by atoms with Crippen molar-refractivity contribution in [1.29, 1.82) is 0 Å². The molecule has 3 N–H and O–H groups in total. The van der Waals surface area contributed by atoms with Crippen LogP contribution in [0.1, 0.15) is 15.9 Å². The Morgan fingerprint density at radius 2 is 2.06 bits per heavy atom. The molecule has 0 unspecified atom stereocenters. The molecule has 0 atom stereocenters. The van der Waals surface area contributed by atoms with Gasteiger partial charge in [-0.25, -0.2) is 4.79 Å². The van der Waals surface area contributed by atoms with Gasteiger partial charge in [-0.15, -0.1) is 0 Å². The van der Waals surface area contributed by atoms with Gasteiger partial charge in [0.2, 0.25) is 0 Å². The van der Waals surface area contributed by atoms with Gasteiger partial charge in [0.05, 0.1) is 12.8 Å². The third-order valence-corrected chi connectivity index (χ3v) is 2.62. The molecule has 2 aromatic rings. The van der Waals surface area contributed by atoms with Crippen LogP contribution >= 0.6 is 0 Å². The number of carboxylic acid groups (broad SMARTS) is 1. The van der Waals surface area contributed by atoms with Crippen LogP contribution in [0, 0.1) is 6.92 Å². The first kappa shape index (κ1) is 12.0. The lowest BCUT2D eigenvalue weighted by Crippen LogP contribution is -2.12. The molecule has 2 rings (SSSR count). The summed E-state index contributed by atoms with van der Waals surface area (Å²) in [6, 6.07) is 5.32. The molecule has 0 aliphatic heterocycles. The van der Waals surface area contributed by atoms with E-state index in [1.54, 1.807) is 12.1 Å². The van der Waals surface area contributed by atoms with Gasteiger partial charge in [0.15, 0.2) is 5.56 Å². The van der Waals surface area contributed by atoms with Crippen LogP contribution in [0.15, 0.2) is 23.0 Å². The number of hydrogen-bond acceptors (Lipinski definition) is 3. The van der Waals surface area contributed by atoms with Crippen molar-refractivity contribution >= 4 is 5.97 Å². The summed E-state index contributed by atoms with van der Waals surface area (Å²) in [5.41, 5.74) is 0.699. The van der Waals surface area contributed by atoms with Gasteiger partial charge >= 0.3 is 5.97 Å². The first-order chi connectivity index (χ1) is 8.54. The highest BCUT2D eigenvalue weighted by molar-refractivity contribution is 5.95. The predicted molar refractivity (Wildman–Crippen MR) is 65.1 cm³/mol. The van der Waals surface area contributed by atoms with Gasteiger partial charge in [-0.05, 0) is 19.1 Å². The number of benzene rings is 1. The molecule has 0 amide bonds. The summed E-state index contributed by atoms with van der Waals surface area (Å²) < 4.78 is 5.17. The lowest BCUT2D eigenvalue weighted by Gasteiger charge is -2.08. The molecule has 18 heavy (non-hydrogen) atoms. The van der Waals surface area contributed by atoms with E-state index in [-0.39, 0.29) is 11.3 Å². The predicted octanol–water partition coefficient (Wildman–Crippen LogP) is 1.39. The normalized spacial score (nSPS) is 10.3. The number of aromatic carboxylic acids is 1. The van der Waals surface area contributed by atoms with Gasteiger partial charge in [-0.3, -0.25) is 15.0 Å². The molecule has 0 fully saturated rings. The number of aromatic nitrogens is 2. The van der Waals surface area contributed by atoms with Crippen molar-refractivity contribution in [1.82, 2.24) is 10.2 Å². The molecular formula is C12H12N2O4. The Hall–Kier alpha value is -2.50. The minimum absolute atomic E-state index is 0.216. The quantitative estimate of drug-likeness (QED) is 0.764. The van der Waals surface area contributed by atoms with Crippen molar-refractivity contribution in [2.75, 3.05) is 7.11 Å². The lowest BCUT2D eigenvalue weighted by molar-refractivity contribution is 0.0696. The minimum Gasteiger partial charge on any atom is -0.496 e. The number of hydrogen-bond donors (Lipinski definition) is 3. The van der Waals surface area contributed by atoms with Crippen LogP contribution in [-0.4, -0.2) is 28.4 Å². The van der Waals surface area contributed by atoms with E-state index in [1.807, 2.05) is 13.0 Å². The molecule has 0 radical (unpaired) electrons. The Labute approximate surface area is 102 Å². The third kappa shape index (κ3) is 1.88. The number of rotatable bonds is 3. The van der Waals surface area contributed by atoms with Gasteiger partial charge < -0.3 is 9.84 Å². The molecule has 0 aliphatic rings. The number of nitrogens with one attached hydrogen (secondary N) is 2. The van der Waals surface area contributed by atoms with Crippen molar-refractivity contribution in [3.8, 4) is 17.0 Å². The van der Waals surface area contributed by atoms with Gasteiger partial charge in [0, 0.05) is 5.56 Å². The molecule has 0 saturated carbocycles. The molecule has 1 aromatic carbocycles. The average Bonchev–Trinajstić information content (AvgIpc) is 2.71. The van der Waals surface area contributed by atoms with Crippen molar-refractivity contribution in [3.63, 3.8) is 0 Å². The molecule has 94 valence electrons. The number of H-pyrrole nitrogens is 2. The Morgan fingerprint density at radius 1 is 1.33 bits per heavy atom. The molecular weight excluding hydrogens is 236 g/mol. The van der Waals surface area contributed by atoms with E-state index in [2.05, 4.69) is 10.2 Å². The maximum absolute atomic E-state index is 11.4. The molecule has 0 spiro atoms. The molecule has 6 nitrogen and oxygen atoms in total. The standard InChI is InChI=1S/C12H12N2O4/c1-6-3-4-8(18-2)7(5-6)10-9(12(16)17)11(15)14-13-10/h3-5H,1-2H3,(H,16,17)(H2,13,14,15). The molecule has 6 heteroatoms. The van der Waals surface area contributed by atoms with Crippen molar-refractivity contribution in [2.45, 2.75) is 6.92 Å². The van der Waals surface area contributed by atoms with Crippen LogP contribution in [0.5, 0.6) is 5.75 Å². The lowest BCUT2D eigenvalue weighted by atomic mass is 10.0. The second kappa shape index (κ2) is 4.40. The first-order valence-electron chi connectivity index (χ1n) is 5.23. The molecule has 0 saturated heterocycles. The zero-order valence-corrected chi connectivity index (χ0v) is 9.90. The summed E-state index contributed by atoms with van der Waals surface area (Å²) in [5.74, 6) is -0.783. The van der Waals surface area contributed by atoms with Crippen molar-refractivity contribution < 1.29 is 14.6 Å². The first-order valence-corrected chi connectivity index (χ1v) is 5.23. The van der Waals surface area contributed by atoms with E-state index < -0.39 is 11.5 Å². The Kier molecular flexibility index (Phi) is 2.93. The van der Waals surface area contributed by atoms with Gasteiger partial charge in [-0.1, -0.05) is 11.6 Å². The summed E-state index contributed by atoms with van der Waals surface area (Å²) >= 11 is 0. The van der Waals surface area contributed by atoms with Crippen LogP contribution in [0.2, 0.25) is 0 Å². The fraction of sp³-hybridized carbons (Fsp3) is 0.167. The zero-order chi connectivity index (χ0) is 13.3. The summed E-state index contributed by atoms with van der Waals surface area (Å²) in [6.45, 7) is 1.87. The molecule has 1 heterocycles. The number of methoxy groups -OCH3 is 1. The summed E-state index contributed by atoms with van der Waals surface area (Å²) in [5, 5.41) is 13.9. The molecule has 1 aromatic heterocycles. The highest BCUT2D eigenvalue weighted by atomic mass is 16.5. The van der Waals surface area contributed by atoms with E-state index in [0.29, 0.717) is 11.3 Å². The fourth-order valence-corrected chi connectivity index (χ4v) is 1.78. The number of aromatic amines is 2. The number of carboxylic acids is 1. The van der Waals surface area contributed by atoms with E-state index in [1.165, 1.54) is 7.11 Å². The second-order valence-corrected chi connectivity index (χ2v) is 3.84.